The summed E-state index contributed by atoms with van der Waals surface area (Å²) in [6.45, 7) is 3.45. The highest BCUT2D eigenvalue weighted by molar-refractivity contribution is 7.11. The first-order valence-corrected chi connectivity index (χ1v) is 5.51. The maximum Gasteiger partial charge on any atom is 0.305 e. The molecule has 1 aromatic heterocycles. The number of carbonyl (C=O) groups excluding carboxylic acids is 1. The molecule has 1 amide bonds. The van der Waals surface area contributed by atoms with Crippen LogP contribution in [-0.4, -0.2) is 28.6 Å². The van der Waals surface area contributed by atoms with Crippen molar-refractivity contribution in [2.24, 2.45) is 0 Å². The number of rotatable bonds is 4. The van der Waals surface area contributed by atoms with Gasteiger partial charge in [0.15, 0.2) is 0 Å². The van der Waals surface area contributed by atoms with Gasteiger partial charge in [-0.15, -0.1) is 0 Å². The zero-order valence-electron chi connectivity index (χ0n) is 8.66. The lowest BCUT2D eigenvalue weighted by molar-refractivity contribution is 0.0918. The minimum Gasteiger partial charge on any atom is -0.394 e. The van der Waals surface area contributed by atoms with Crippen LogP contribution in [0.2, 0.25) is 0 Å². The highest BCUT2D eigenvalue weighted by Gasteiger charge is 2.15. The summed E-state index contributed by atoms with van der Waals surface area (Å²) in [7, 11) is 0. The molecule has 84 valence electrons. The number of hydrogen-bond acceptors (Lipinski definition) is 4. The molecule has 1 rings (SSSR count). The fourth-order valence-corrected chi connectivity index (χ4v) is 1.89. The van der Waals surface area contributed by atoms with Gasteiger partial charge in [0, 0.05) is 5.69 Å². The number of thiazole rings is 1. The third kappa shape index (κ3) is 2.90. The van der Waals surface area contributed by atoms with Gasteiger partial charge in [0.05, 0.1) is 12.6 Å². The molecule has 0 saturated heterocycles. The molecule has 0 fully saturated rings. The number of aromatic nitrogens is 1. The van der Waals surface area contributed by atoms with Gasteiger partial charge in [-0.05, 0) is 13.3 Å². The number of nitrogens with one attached hydrogen (secondary N) is 2. The van der Waals surface area contributed by atoms with E-state index < -0.39 is 0 Å². The smallest absolute Gasteiger partial charge is 0.305 e. The molecule has 1 atom stereocenters. The van der Waals surface area contributed by atoms with Crippen molar-refractivity contribution in [1.29, 1.82) is 0 Å². The molecule has 0 aliphatic rings. The van der Waals surface area contributed by atoms with Crippen molar-refractivity contribution in [3.63, 3.8) is 0 Å². The molecule has 0 radical (unpaired) electrons. The van der Waals surface area contributed by atoms with Crippen LogP contribution in [0.4, 0.5) is 0 Å². The fourth-order valence-electron chi connectivity index (χ4n) is 1.15. The fraction of sp³-hybridized carbons (Fsp3) is 0.556. The van der Waals surface area contributed by atoms with Gasteiger partial charge in [0.2, 0.25) is 0 Å². The van der Waals surface area contributed by atoms with Crippen LogP contribution < -0.4 is 10.2 Å². The molecular weight excluding hydrogens is 216 g/mol. The number of carbonyl (C=O) groups is 1. The molecule has 15 heavy (non-hydrogen) atoms. The molecular formula is C9H14N2O3S. The van der Waals surface area contributed by atoms with Crippen molar-refractivity contribution in [2.45, 2.75) is 26.3 Å². The molecule has 1 heterocycles. The van der Waals surface area contributed by atoms with Crippen LogP contribution in [0.3, 0.4) is 0 Å². The molecule has 0 bridgehead atoms. The topological polar surface area (TPSA) is 82.2 Å². The highest BCUT2D eigenvalue weighted by Crippen LogP contribution is 2.08. The van der Waals surface area contributed by atoms with E-state index >= 15 is 0 Å². The number of aromatic amines is 1. The number of aliphatic hydroxyl groups is 1. The van der Waals surface area contributed by atoms with Crippen LogP contribution in [0.25, 0.3) is 0 Å². The van der Waals surface area contributed by atoms with Crippen LogP contribution in [0.1, 0.15) is 28.7 Å². The first-order chi connectivity index (χ1) is 7.08. The second-order valence-electron chi connectivity index (χ2n) is 3.23. The van der Waals surface area contributed by atoms with E-state index in [0.717, 1.165) is 11.3 Å². The number of hydrogen-bond donors (Lipinski definition) is 3. The molecule has 3 N–H and O–H groups in total. The van der Waals surface area contributed by atoms with Crippen LogP contribution >= 0.6 is 11.3 Å². The summed E-state index contributed by atoms with van der Waals surface area (Å²) in [4.78, 5) is 25.3. The standard InChI is InChI=1S/C9H14N2O3S/c1-3-6(4-12)11-8(13)7-5(2)10-9(14)15-7/h6,12H,3-4H2,1-2H3,(H,10,14)(H,11,13). The van der Waals surface area contributed by atoms with Crippen LogP contribution in [0.15, 0.2) is 4.79 Å². The predicted molar refractivity (Wildman–Crippen MR) is 58.3 cm³/mol. The van der Waals surface area contributed by atoms with Crippen molar-refractivity contribution in [3.05, 3.63) is 20.2 Å². The average molecular weight is 230 g/mol. The van der Waals surface area contributed by atoms with Crippen LogP contribution in [0.5, 0.6) is 0 Å². The van der Waals surface area contributed by atoms with Gasteiger partial charge in [-0.3, -0.25) is 9.59 Å². The summed E-state index contributed by atoms with van der Waals surface area (Å²) in [5.41, 5.74) is 0.565. The van der Waals surface area contributed by atoms with Gasteiger partial charge in [-0.2, -0.15) is 0 Å². The molecule has 1 aromatic rings. The molecule has 5 nitrogen and oxygen atoms in total. The van der Waals surface area contributed by atoms with E-state index in [1.807, 2.05) is 6.92 Å². The van der Waals surface area contributed by atoms with Crippen molar-refractivity contribution in [3.8, 4) is 0 Å². The van der Waals surface area contributed by atoms with Crippen molar-refractivity contribution in [1.82, 2.24) is 10.3 Å². The summed E-state index contributed by atoms with van der Waals surface area (Å²) in [5.74, 6) is -0.309. The number of aryl methyl sites for hydroxylation is 1. The summed E-state index contributed by atoms with van der Waals surface area (Å²) in [6.07, 6.45) is 0.653. The third-order valence-corrected chi connectivity index (χ3v) is 3.06. The number of amides is 1. The monoisotopic (exact) mass is 230 g/mol. The Morgan fingerprint density at radius 2 is 2.33 bits per heavy atom. The lowest BCUT2D eigenvalue weighted by Gasteiger charge is -2.12. The van der Waals surface area contributed by atoms with E-state index in [1.54, 1.807) is 6.92 Å². The van der Waals surface area contributed by atoms with E-state index in [9.17, 15) is 9.59 Å². The molecule has 0 spiro atoms. The largest absolute Gasteiger partial charge is 0.394 e. The van der Waals surface area contributed by atoms with Crippen LogP contribution in [0, 0.1) is 6.92 Å². The Balaban J connectivity index is 2.77. The van der Waals surface area contributed by atoms with Gasteiger partial charge in [-0.25, -0.2) is 0 Å². The molecule has 0 aliphatic heterocycles. The Morgan fingerprint density at radius 3 is 2.73 bits per heavy atom. The minimum absolute atomic E-state index is 0.0966. The zero-order chi connectivity index (χ0) is 11.4. The second kappa shape index (κ2) is 5.09. The second-order valence-corrected chi connectivity index (χ2v) is 4.21. The Hall–Kier alpha value is -1.14. The third-order valence-electron chi connectivity index (χ3n) is 2.08. The number of aliphatic hydroxyl groups excluding tert-OH is 1. The van der Waals surface area contributed by atoms with Gasteiger partial charge >= 0.3 is 4.87 Å². The number of H-pyrrole nitrogens is 1. The molecule has 0 saturated carbocycles. The van der Waals surface area contributed by atoms with Crippen molar-refractivity contribution < 1.29 is 9.90 Å². The Morgan fingerprint density at radius 1 is 1.67 bits per heavy atom. The molecule has 0 aromatic carbocycles. The normalized spacial score (nSPS) is 12.5. The van der Waals surface area contributed by atoms with E-state index in [0.29, 0.717) is 17.0 Å². The predicted octanol–water partition coefficient (Wildman–Crippen LogP) is 0.246. The highest BCUT2D eigenvalue weighted by atomic mass is 32.1. The lowest BCUT2D eigenvalue weighted by atomic mass is 10.2. The van der Waals surface area contributed by atoms with Gasteiger partial charge in [0.1, 0.15) is 4.88 Å². The SMILES string of the molecule is CCC(CO)NC(=O)c1sc(=O)[nH]c1C. The van der Waals surface area contributed by atoms with E-state index in [2.05, 4.69) is 10.3 Å². The summed E-state index contributed by atoms with van der Waals surface area (Å²) >= 11 is 0.881. The van der Waals surface area contributed by atoms with Crippen LogP contribution in [-0.2, 0) is 0 Å². The minimum atomic E-state index is -0.309. The quantitative estimate of drug-likeness (QED) is 0.693. The summed E-state index contributed by atoms with van der Waals surface area (Å²) in [5, 5.41) is 11.6. The maximum atomic E-state index is 11.6. The summed E-state index contributed by atoms with van der Waals surface area (Å²) < 4.78 is 0. The van der Waals surface area contributed by atoms with E-state index in [1.165, 1.54) is 0 Å². The van der Waals surface area contributed by atoms with E-state index in [4.69, 9.17) is 5.11 Å². The maximum absolute atomic E-state index is 11.6. The zero-order valence-corrected chi connectivity index (χ0v) is 9.48. The van der Waals surface area contributed by atoms with Crippen molar-refractivity contribution in [2.75, 3.05) is 6.61 Å². The Bertz CT molecular complexity index is 392. The van der Waals surface area contributed by atoms with E-state index in [-0.39, 0.29) is 23.4 Å². The average Bonchev–Trinajstić information content (AvgIpc) is 2.54. The molecule has 1 unspecified atom stereocenters. The summed E-state index contributed by atoms with van der Waals surface area (Å²) in [6, 6.07) is -0.255. The van der Waals surface area contributed by atoms with Gasteiger partial charge in [-0.1, -0.05) is 18.3 Å². The van der Waals surface area contributed by atoms with Crippen molar-refractivity contribution >= 4 is 17.2 Å². The van der Waals surface area contributed by atoms with Gasteiger partial charge in [0.25, 0.3) is 5.91 Å². The Labute approximate surface area is 91.1 Å². The molecule has 6 heteroatoms. The Kier molecular flexibility index (Phi) is 4.05. The van der Waals surface area contributed by atoms with Gasteiger partial charge < -0.3 is 15.4 Å². The molecule has 0 aliphatic carbocycles. The lowest BCUT2D eigenvalue weighted by Crippen LogP contribution is -2.36. The first-order valence-electron chi connectivity index (χ1n) is 4.70. The first kappa shape index (κ1) is 11.9.